The molecule has 0 unspecified atom stereocenters. The molecule has 0 fully saturated rings. The maximum absolute atomic E-state index is 5.99. The van der Waals surface area contributed by atoms with E-state index in [1.54, 1.807) is 7.11 Å². The van der Waals surface area contributed by atoms with Crippen molar-refractivity contribution in [1.29, 1.82) is 0 Å². The molecule has 0 aliphatic heterocycles. The molecule has 0 heterocycles. The molecule has 0 aliphatic carbocycles. The SMILES string of the molecule is COCCCNCc1c(C)cc(Cl)cc1C. The van der Waals surface area contributed by atoms with E-state index in [0.29, 0.717) is 0 Å². The first-order chi connectivity index (χ1) is 7.65. The van der Waals surface area contributed by atoms with Gasteiger partial charge in [-0.3, -0.25) is 0 Å². The van der Waals surface area contributed by atoms with Crippen molar-refractivity contribution in [2.45, 2.75) is 26.8 Å². The van der Waals surface area contributed by atoms with Gasteiger partial charge in [0.25, 0.3) is 0 Å². The number of methoxy groups -OCH3 is 1. The molecule has 0 atom stereocenters. The van der Waals surface area contributed by atoms with Crippen LogP contribution in [0.25, 0.3) is 0 Å². The summed E-state index contributed by atoms with van der Waals surface area (Å²) in [5, 5.41) is 4.23. The van der Waals surface area contributed by atoms with Crippen LogP contribution in [0.2, 0.25) is 5.02 Å². The highest BCUT2D eigenvalue weighted by Gasteiger charge is 2.03. The van der Waals surface area contributed by atoms with Gasteiger partial charge in [0, 0.05) is 25.3 Å². The van der Waals surface area contributed by atoms with Crippen LogP contribution in [0.5, 0.6) is 0 Å². The van der Waals surface area contributed by atoms with E-state index >= 15 is 0 Å². The Kier molecular flexibility index (Phi) is 5.81. The molecule has 16 heavy (non-hydrogen) atoms. The molecule has 1 rings (SSSR count). The summed E-state index contributed by atoms with van der Waals surface area (Å²) in [6, 6.07) is 4.03. The Bertz CT molecular complexity index is 316. The molecule has 0 radical (unpaired) electrons. The number of rotatable bonds is 6. The van der Waals surface area contributed by atoms with E-state index in [4.69, 9.17) is 16.3 Å². The zero-order chi connectivity index (χ0) is 12.0. The van der Waals surface area contributed by atoms with Gasteiger partial charge >= 0.3 is 0 Å². The van der Waals surface area contributed by atoms with Crippen molar-refractivity contribution in [3.05, 3.63) is 33.8 Å². The number of aryl methyl sites for hydroxylation is 2. The van der Waals surface area contributed by atoms with Crippen LogP contribution in [0.1, 0.15) is 23.1 Å². The van der Waals surface area contributed by atoms with Crippen molar-refractivity contribution >= 4 is 11.6 Å². The quantitative estimate of drug-likeness (QED) is 0.773. The highest BCUT2D eigenvalue weighted by molar-refractivity contribution is 6.30. The van der Waals surface area contributed by atoms with Gasteiger partial charge in [-0.2, -0.15) is 0 Å². The number of hydrogen-bond donors (Lipinski definition) is 1. The number of benzene rings is 1. The topological polar surface area (TPSA) is 21.3 Å². The van der Waals surface area contributed by atoms with Crippen LogP contribution in [0, 0.1) is 13.8 Å². The second-order valence-electron chi connectivity index (χ2n) is 4.04. The maximum Gasteiger partial charge on any atom is 0.0474 e. The van der Waals surface area contributed by atoms with E-state index in [1.165, 1.54) is 16.7 Å². The molecule has 0 saturated heterocycles. The van der Waals surface area contributed by atoms with Crippen molar-refractivity contribution in [1.82, 2.24) is 5.32 Å². The fourth-order valence-corrected chi connectivity index (χ4v) is 2.10. The molecule has 0 aromatic heterocycles. The minimum Gasteiger partial charge on any atom is -0.385 e. The van der Waals surface area contributed by atoms with Crippen LogP contribution >= 0.6 is 11.6 Å². The van der Waals surface area contributed by atoms with E-state index < -0.39 is 0 Å². The fraction of sp³-hybridized carbons (Fsp3) is 0.538. The Morgan fingerprint density at radius 1 is 1.25 bits per heavy atom. The average Bonchev–Trinajstić information content (AvgIpc) is 2.20. The minimum absolute atomic E-state index is 0.811. The summed E-state index contributed by atoms with van der Waals surface area (Å²) in [6.07, 6.45) is 1.04. The first kappa shape index (κ1) is 13.5. The van der Waals surface area contributed by atoms with Gasteiger partial charge < -0.3 is 10.1 Å². The van der Waals surface area contributed by atoms with Crippen molar-refractivity contribution in [3.8, 4) is 0 Å². The van der Waals surface area contributed by atoms with E-state index in [2.05, 4.69) is 19.2 Å². The summed E-state index contributed by atoms with van der Waals surface area (Å²) in [7, 11) is 1.73. The lowest BCUT2D eigenvalue weighted by molar-refractivity contribution is 0.194. The molecule has 2 nitrogen and oxygen atoms in total. The lowest BCUT2D eigenvalue weighted by Gasteiger charge is -2.11. The molecular weight excluding hydrogens is 222 g/mol. The molecule has 1 aromatic rings. The molecule has 90 valence electrons. The molecule has 0 spiro atoms. The van der Waals surface area contributed by atoms with Gasteiger partial charge in [0.15, 0.2) is 0 Å². The number of hydrogen-bond acceptors (Lipinski definition) is 2. The standard InChI is InChI=1S/C13H20ClNO/c1-10-7-12(14)8-11(2)13(10)9-15-5-4-6-16-3/h7-8,15H,4-6,9H2,1-3H3. The molecule has 0 amide bonds. The Morgan fingerprint density at radius 2 is 1.88 bits per heavy atom. The van der Waals surface area contributed by atoms with Gasteiger partial charge in [0.2, 0.25) is 0 Å². The second kappa shape index (κ2) is 6.89. The summed E-state index contributed by atoms with van der Waals surface area (Å²) < 4.78 is 5.00. The van der Waals surface area contributed by atoms with Crippen LogP contribution in [0.3, 0.4) is 0 Å². The Morgan fingerprint density at radius 3 is 2.44 bits per heavy atom. The average molecular weight is 242 g/mol. The largest absolute Gasteiger partial charge is 0.385 e. The first-order valence-electron chi connectivity index (χ1n) is 5.60. The predicted octanol–water partition coefficient (Wildman–Crippen LogP) is 3.08. The summed E-state index contributed by atoms with van der Waals surface area (Å²) in [4.78, 5) is 0. The highest BCUT2D eigenvalue weighted by Crippen LogP contribution is 2.19. The van der Waals surface area contributed by atoms with Gasteiger partial charge in [0.1, 0.15) is 0 Å². The van der Waals surface area contributed by atoms with Crippen LogP contribution in [0.4, 0.5) is 0 Å². The van der Waals surface area contributed by atoms with E-state index in [1.807, 2.05) is 12.1 Å². The van der Waals surface area contributed by atoms with E-state index in [9.17, 15) is 0 Å². The van der Waals surface area contributed by atoms with Crippen molar-refractivity contribution < 1.29 is 4.74 Å². The summed E-state index contributed by atoms with van der Waals surface area (Å²) in [6.45, 7) is 6.90. The smallest absolute Gasteiger partial charge is 0.0474 e. The van der Waals surface area contributed by atoms with Gasteiger partial charge in [-0.25, -0.2) is 0 Å². The van der Waals surface area contributed by atoms with Crippen LogP contribution in [0.15, 0.2) is 12.1 Å². The Labute approximate surface area is 103 Å². The van der Waals surface area contributed by atoms with Crippen molar-refractivity contribution in [2.75, 3.05) is 20.3 Å². The third kappa shape index (κ3) is 4.12. The minimum atomic E-state index is 0.811. The lowest BCUT2D eigenvalue weighted by atomic mass is 10.0. The zero-order valence-electron chi connectivity index (χ0n) is 10.3. The van der Waals surface area contributed by atoms with Gasteiger partial charge in [-0.05, 0) is 55.6 Å². The lowest BCUT2D eigenvalue weighted by Crippen LogP contribution is -2.17. The van der Waals surface area contributed by atoms with Gasteiger partial charge in [0.05, 0.1) is 0 Å². The molecule has 0 bridgehead atoms. The zero-order valence-corrected chi connectivity index (χ0v) is 11.0. The van der Waals surface area contributed by atoms with Crippen LogP contribution in [-0.4, -0.2) is 20.3 Å². The van der Waals surface area contributed by atoms with Crippen LogP contribution < -0.4 is 5.32 Å². The number of ether oxygens (including phenoxy) is 1. The van der Waals surface area contributed by atoms with Gasteiger partial charge in [-0.15, -0.1) is 0 Å². The van der Waals surface area contributed by atoms with E-state index in [-0.39, 0.29) is 0 Å². The van der Waals surface area contributed by atoms with Crippen molar-refractivity contribution in [3.63, 3.8) is 0 Å². The molecule has 1 N–H and O–H groups in total. The number of halogens is 1. The van der Waals surface area contributed by atoms with Gasteiger partial charge in [-0.1, -0.05) is 11.6 Å². The second-order valence-corrected chi connectivity index (χ2v) is 4.48. The summed E-state index contributed by atoms with van der Waals surface area (Å²) in [5.41, 5.74) is 3.86. The van der Waals surface area contributed by atoms with Crippen molar-refractivity contribution in [2.24, 2.45) is 0 Å². The summed E-state index contributed by atoms with van der Waals surface area (Å²) in [5.74, 6) is 0. The molecule has 1 aromatic carbocycles. The molecule has 0 saturated carbocycles. The normalized spacial score (nSPS) is 10.8. The van der Waals surface area contributed by atoms with E-state index in [0.717, 1.165) is 31.1 Å². The number of nitrogens with one attached hydrogen (secondary N) is 1. The summed E-state index contributed by atoms with van der Waals surface area (Å²) >= 11 is 5.99. The monoisotopic (exact) mass is 241 g/mol. The third-order valence-electron chi connectivity index (χ3n) is 2.66. The maximum atomic E-state index is 5.99. The molecule has 3 heteroatoms. The Balaban J connectivity index is 2.47. The fourth-order valence-electron chi connectivity index (χ4n) is 1.77. The third-order valence-corrected chi connectivity index (χ3v) is 2.88. The highest BCUT2D eigenvalue weighted by atomic mass is 35.5. The molecule has 0 aliphatic rings. The predicted molar refractivity (Wildman–Crippen MR) is 69.1 cm³/mol. The first-order valence-corrected chi connectivity index (χ1v) is 5.98. The van der Waals surface area contributed by atoms with Crippen LogP contribution in [-0.2, 0) is 11.3 Å². The Hall–Kier alpha value is -0.570. The molecular formula is C13H20ClNO.